The highest BCUT2D eigenvalue weighted by atomic mass is 19.1. The topological polar surface area (TPSA) is 121 Å². The van der Waals surface area contributed by atoms with Crippen molar-refractivity contribution in [3.63, 3.8) is 0 Å². The van der Waals surface area contributed by atoms with E-state index >= 15 is 0 Å². The molecule has 0 aliphatic heterocycles. The zero-order chi connectivity index (χ0) is 29.3. The molecule has 4 N–H and O–H groups in total. The molecule has 1 aromatic carbocycles. The average molecular weight is 556 g/mol. The van der Waals surface area contributed by atoms with Crippen LogP contribution in [0.1, 0.15) is 51.3 Å². The first-order valence-electron chi connectivity index (χ1n) is 13.7. The van der Waals surface area contributed by atoms with E-state index in [4.69, 9.17) is 5.73 Å². The molecular formula is C30H39F2N5O3. The molecule has 8 nitrogen and oxygen atoms in total. The number of benzene rings is 1. The molecule has 216 valence electrons. The zero-order valence-corrected chi connectivity index (χ0v) is 23.4. The Hall–Kier alpha value is -3.50. The lowest BCUT2D eigenvalue weighted by Crippen LogP contribution is -2.54. The summed E-state index contributed by atoms with van der Waals surface area (Å²) in [6, 6.07) is 3.18. The number of halogens is 2. The largest absolute Gasteiger partial charge is 0.391 e. The Labute approximate surface area is 234 Å². The summed E-state index contributed by atoms with van der Waals surface area (Å²) < 4.78 is 28.5. The normalized spacial score (nSPS) is 18.4. The van der Waals surface area contributed by atoms with Crippen molar-refractivity contribution in [2.45, 2.75) is 59.1 Å². The lowest BCUT2D eigenvalue weighted by molar-refractivity contribution is -0.145. The molecule has 40 heavy (non-hydrogen) atoms. The van der Waals surface area contributed by atoms with E-state index in [1.165, 1.54) is 12.1 Å². The predicted molar refractivity (Wildman–Crippen MR) is 149 cm³/mol. The molecule has 1 unspecified atom stereocenters. The molecule has 0 radical (unpaired) electrons. The number of nitrogens with two attached hydrogens (primary N) is 1. The van der Waals surface area contributed by atoms with Gasteiger partial charge in [0.2, 0.25) is 11.8 Å². The molecule has 3 rings (SSSR count). The molecule has 0 bridgehead atoms. The molecule has 0 saturated carbocycles. The summed E-state index contributed by atoms with van der Waals surface area (Å²) in [6.07, 6.45) is 8.38. The predicted octanol–water partition coefficient (Wildman–Crippen LogP) is 3.46. The molecule has 3 atom stereocenters. The van der Waals surface area contributed by atoms with Crippen LogP contribution < -0.4 is 11.1 Å². The van der Waals surface area contributed by atoms with E-state index in [-0.39, 0.29) is 30.9 Å². The third kappa shape index (κ3) is 7.79. The number of hydrogen-bond donors (Lipinski definition) is 3. The van der Waals surface area contributed by atoms with Gasteiger partial charge in [-0.2, -0.15) is 0 Å². The number of carbonyl (C=O) groups is 2. The number of hydrogen-bond acceptors (Lipinski definition) is 6. The second kappa shape index (κ2) is 14.2. The first-order valence-corrected chi connectivity index (χ1v) is 13.7. The molecule has 1 aromatic heterocycles. The summed E-state index contributed by atoms with van der Waals surface area (Å²) in [6.45, 7) is 7.05. The fourth-order valence-electron chi connectivity index (χ4n) is 5.54. The fourth-order valence-corrected chi connectivity index (χ4v) is 5.54. The van der Waals surface area contributed by atoms with Gasteiger partial charge in [-0.1, -0.05) is 31.6 Å². The lowest BCUT2D eigenvalue weighted by atomic mass is 9.63. The second-order valence-electron chi connectivity index (χ2n) is 10.4. The monoisotopic (exact) mass is 555 g/mol. The van der Waals surface area contributed by atoms with Gasteiger partial charge in [0.25, 0.3) is 0 Å². The Morgan fingerprint density at radius 2 is 1.82 bits per heavy atom. The number of allylic oxidation sites excluding steroid dienone is 2. The molecule has 0 saturated heterocycles. The summed E-state index contributed by atoms with van der Waals surface area (Å²) >= 11 is 0. The Morgan fingerprint density at radius 3 is 2.40 bits per heavy atom. The van der Waals surface area contributed by atoms with Gasteiger partial charge in [-0.15, -0.1) is 0 Å². The summed E-state index contributed by atoms with van der Waals surface area (Å²) in [5.74, 6) is -3.28. The maximum absolute atomic E-state index is 14.5. The van der Waals surface area contributed by atoms with Crippen molar-refractivity contribution in [2.24, 2.45) is 17.1 Å². The van der Waals surface area contributed by atoms with Crippen LogP contribution in [-0.4, -0.2) is 57.5 Å². The SMILES string of the molecule is CCCN(CCC)C(=O)C1([C@H](Cc2cc(F)cc(F)c2)[C@@H](O)CNCc2cnccn2)C=C(C)C=C(C(N)=O)C1. The molecular weight excluding hydrogens is 516 g/mol. The van der Waals surface area contributed by atoms with Gasteiger partial charge in [-0.3, -0.25) is 19.6 Å². The van der Waals surface area contributed by atoms with E-state index in [1.54, 1.807) is 42.6 Å². The Bertz CT molecular complexity index is 1210. The highest BCUT2D eigenvalue weighted by molar-refractivity contribution is 5.96. The number of nitrogens with zero attached hydrogens (tertiary/aromatic N) is 3. The molecule has 10 heteroatoms. The van der Waals surface area contributed by atoms with Crippen LogP contribution in [0.15, 0.2) is 60.1 Å². The van der Waals surface area contributed by atoms with Crippen LogP contribution in [0.25, 0.3) is 0 Å². The summed E-state index contributed by atoms with van der Waals surface area (Å²) in [5, 5.41) is 14.8. The third-order valence-corrected chi connectivity index (χ3v) is 7.14. The smallest absolute Gasteiger partial charge is 0.244 e. The minimum Gasteiger partial charge on any atom is -0.391 e. The first kappa shape index (κ1) is 31.0. The number of aromatic nitrogens is 2. The van der Waals surface area contributed by atoms with Gasteiger partial charge in [0.05, 0.1) is 17.2 Å². The fraction of sp³-hybridized carbons (Fsp3) is 0.467. The van der Waals surface area contributed by atoms with Crippen molar-refractivity contribution < 1.29 is 23.5 Å². The van der Waals surface area contributed by atoms with Gasteiger partial charge in [-0.05, 0) is 50.3 Å². The number of rotatable bonds is 14. The van der Waals surface area contributed by atoms with Gasteiger partial charge < -0.3 is 21.1 Å². The van der Waals surface area contributed by atoms with Crippen LogP contribution in [0.4, 0.5) is 8.78 Å². The molecule has 0 fully saturated rings. The Morgan fingerprint density at radius 1 is 1.15 bits per heavy atom. The maximum Gasteiger partial charge on any atom is 0.244 e. The number of nitrogens with one attached hydrogen (secondary N) is 1. The quantitative estimate of drug-likeness (QED) is 0.328. The minimum absolute atomic E-state index is 0.0175. The van der Waals surface area contributed by atoms with Gasteiger partial charge in [0.1, 0.15) is 11.6 Å². The maximum atomic E-state index is 14.5. The Kier molecular flexibility index (Phi) is 11.0. The molecule has 1 aliphatic carbocycles. The van der Waals surface area contributed by atoms with Gasteiger partial charge in [0.15, 0.2) is 0 Å². The molecule has 1 aliphatic rings. The summed E-state index contributed by atoms with van der Waals surface area (Å²) in [7, 11) is 0. The average Bonchev–Trinajstić information content (AvgIpc) is 2.90. The van der Waals surface area contributed by atoms with Crippen LogP contribution in [0, 0.1) is 23.0 Å². The van der Waals surface area contributed by atoms with Crippen molar-refractivity contribution >= 4 is 11.8 Å². The van der Waals surface area contributed by atoms with E-state index < -0.39 is 35.0 Å². The summed E-state index contributed by atoms with van der Waals surface area (Å²) in [5.41, 5.74) is 6.19. The standard InChI is InChI=1S/C30H39F2N5O3/c1-4-8-37(9-5-2)29(40)30(15-20(3)10-22(16-30)28(33)39)26(13-21-11-23(31)14-24(32)12-21)27(38)19-35-18-25-17-34-6-7-36-25/h6-7,10-12,14-15,17,26-27,35,38H,4-5,8-9,13,16,18-19H2,1-3H3,(H2,33,39)/t26-,27+,30?/m1/s1. The van der Waals surface area contributed by atoms with Gasteiger partial charge >= 0.3 is 0 Å². The Balaban J connectivity index is 2.09. The number of aliphatic hydroxyl groups is 1. The minimum atomic E-state index is -1.38. The number of carbonyl (C=O) groups excluding carboxylic acids is 2. The van der Waals surface area contributed by atoms with E-state index in [9.17, 15) is 23.5 Å². The van der Waals surface area contributed by atoms with E-state index in [2.05, 4.69) is 15.3 Å². The summed E-state index contributed by atoms with van der Waals surface area (Å²) in [4.78, 5) is 36.9. The van der Waals surface area contributed by atoms with E-state index in [0.29, 0.717) is 49.3 Å². The van der Waals surface area contributed by atoms with Crippen molar-refractivity contribution in [3.05, 3.63) is 83.0 Å². The molecule has 1 heterocycles. The third-order valence-electron chi connectivity index (χ3n) is 7.14. The van der Waals surface area contributed by atoms with Crippen LogP contribution in [0.5, 0.6) is 0 Å². The van der Waals surface area contributed by atoms with Gasteiger partial charge in [0, 0.05) is 62.3 Å². The zero-order valence-electron chi connectivity index (χ0n) is 23.4. The van der Waals surface area contributed by atoms with Crippen LogP contribution >= 0.6 is 0 Å². The van der Waals surface area contributed by atoms with Crippen molar-refractivity contribution in [1.82, 2.24) is 20.2 Å². The molecule has 0 spiro atoms. The van der Waals surface area contributed by atoms with E-state index in [1.807, 2.05) is 13.8 Å². The van der Waals surface area contributed by atoms with Crippen molar-refractivity contribution in [1.29, 1.82) is 0 Å². The van der Waals surface area contributed by atoms with Crippen molar-refractivity contribution in [2.75, 3.05) is 19.6 Å². The van der Waals surface area contributed by atoms with Crippen LogP contribution in [0.2, 0.25) is 0 Å². The number of aliphatic hydroxyl groups excluding tert-OH is 1. The lowest BCUT2D eigenvalue weighted by Gasteiger charge is -2.45. The first-order chi connectivity index (χ1) is 19.1. The molecule has 2 amide bonds. The van der Waals surface area contributed by atoms with E-state index in [0.717, 1.165) is 6.07 Å². The van der Waals surface area contributed by atoms with Crippen molar-refractivity contribution in [3.8, 4) is 0 Å². The highest BCUT2D eigenvalue weighted by Crippen LogP contribution is 2.45. The van der Waals surface area contributed by atoms with Gasteiger partial charge in [-0.25, -0.2) is 8.78 Å². The number of amides is 2. The highest BCUT2D eigenvalue weighted by Gasteiger charge is 2.50. The number of primary amides is 1. The van der Waals surface area contributed by atoms with Crippen LogP contribution in [0.3, 0.4) is 0 Å². The second-order valence-corrected chi connectivity index (χ2v) is 10.4. The van der Waals surface area contributed by atoms with Crippen LogP contribution in [-0.2, 0) is 22.6 Å². The molecule has 2 aromatic rings.